The summed E-state index contributed by atoms with van der Waals surface area (Å²) in [5.74, 6) is 0.918. The van der Waals surface area contributed by atoms with Gasteiger partial charge in [0.15, 0.2) is 0 Å². The maximum atomic E-state index is 11.5. The van der Waals surface area contributed by atoms with Gasteiger partial charge in [0.25, 0.3) is 5.91 Å². The molecule has 0 saturated heterocycles. The third-order valence-electron chi connectivity index (χ3n) is 3.27. The second-order valence-corrected chi connectivity index (χ2v) is 5.81. The van der Waals surface area contributed by atoms with E-state index in [4.69, 9.17) is 5.73 Å². The van der Waals surface area contributed by atoms with E-state index in [1.807, 2.05) is 7.05 Å². The standard InChI is InChI=1S/C15H23N7O/c1-10(2)5-4-6-17-14-12(13(16)23)8-18-15(21-14)20-11-7-19-22(3)9-11/h7-10H,4-6H2,1-3H3,(H2,16,23)(H2,17,18,20,21). The van der Waals surface area contributed by atoms with Crippen molar-refractivity contribution >= 4 is 23.4 Å². The van der Waals surface area contributed by atoms with Gasteiger partial charge in [0, 0.05) is 26.0 Å². The molecular formula is C15H23N7O. The van der Waals surface area contributed by atoms with Gasteiger partial charge in [-0.25, -0.2) is 4.98 Å². The average molecular weight is 317 g/mol. The number of nitrogens with one attached hydrogen (secondary N) is 2. The first kappa shape index (κ1) is 16.7. The first-order valence-corrected chi connectivity index (χ1v) is 7.62. The lowest BCUT2D eigenvalue weighted by Crippen LogP contribution is -2.17. The van der Waals surface area contributed by atoms with Crippen molar-refractivity contribution in [1.29, 1.82) is 0 Å². The molecule has 1 amide bonds. The molecule has 0 radical (unpaired) electrons. The van der Waals surface area contributed by atoms with E-state index in [9.17, 15) is 4.79 Å². The third kappa shape index (κ3) is 4.94. The molecule has 0 fully saturated rings. The molecule has 0 atom stereocenters. The number of primary amides is 1. The van der Waals surface area contributed by atoms with Crippen molar-refractivity contribution in [3.8, 4) is 0 Å². The second-order valence-electron chi connectivity index (χ2n) is 5.81. The van der Waals surface area contributed by atoms with Crippen molar-refractivity contribution < 1.29 is 4.79 Å². The van der Waals surface area contributed by atoms with Crippen LogP contribution >= 0.6 is 0 Å². The summed E-state index contributed by atoms with van der Waals surface area (Å²) in [5.41, 5.74) is 6.43. The van der Waals surface area contributed by atoms with E-state index in [1.165, 1.54) is 6.20 Å². The third-order valence-corrected chi connectivity index (χ3v) is 3.27. The van der Waals surface area contributed by atoms with Gasteiger partial charge in [0.05, 0.1) is 17.4 Å². The number of hydrogen-bond acceptors (Lipinski definition) is 6. The van der Waals surface area contributed by atoms with Gasteiger partial charge < -0.3 is 16.4 Å². The maximum Gasteiger partial charge on any atom is 0.254 e. The minimum Gasteiger partial charge on any atom is -0.369 e. The van der Waals surface area contributed by atoms with Crippen molar-refractivity contribution in [2.45, 2.75) is 26.7 Å². The molecule has 0 saturated carbocycles. The summed E-state index contributed by atoms with van der Waals surface area (Å²) in [4.78, 5) is 20.0. The number of carbonyl (C=O) groups excluding carboxylic acids is 1. The summed E-state index contributed by atoms with van der Waals surface area (Å²) in [6.07, 6.45) is 7.00. The van der Waals surface area contributed by atoms with Gasteiger partial charge in [-0.1, -0.05) is 13.8 Å². The van der Waals surface area contributed by atoms with Gasteiger partial charge in [0.2, 0.25) is 5.95 Å². The summed E-state index contributed by atoms with van der Waals surface area (Å²) < 4.78 is 1.67. The number of hydrogen-bond donors (Lipinski definition) is 3. The number of aryl methyl sites for hydroxylation is 1. The van der Waals surface area contributed by atoms with E-state index < -0.39 is 5.91 Å². The molecule has 0 bridgehead atoms. The zero-order valence-corrected chi connectivity index (χ0v) is 13.7. The first-order chi connectivity index (χ1) is 11.0. The van der Waals surface area contributed by atoms with Crippen molar-refractivity contribution in [1.82, 2.24) is 19.7 Å². The highest BCUT2D eigenvalue weighted by molar-refractivity contribution is 5.97. The Labute approximate surface area is 135 Å². The summed E-state index contributed by atoms with van der Waals surface area (Å²) in [5, 5.41) is 10.3. The Bertz CT molecular complexity index is 666. The Morgan fingerprint density at radius 3 is 2.78 bits per heavy atom. The quantitative estimate of drug-likeness (QED) is 0.641. The SMILES string of the molecule is CC(C)CCCNc1nc(Nc2cnn(C)c2)ncc1C(N)=O. The van der Waals surface area contributed by atoms with E-state index >= 15 is 0 Å². The summed E-state index contributed by atoms with van der Waals surface area (Å²) in [7, 11) is 1.82. The summed E-state index contributed by atoms with van der Waals surface area (Å²) in [6, 6.07) is 0. The zero-order chi connectivity index (χ0) is 16.8. The highest BCUT2D eigenvalue weighted by Gasteiger charge is 2.12. The van der Waals surface area contributed by atoms with Crippen LogP contribution < -0.4 is 16.4 Å². The molecular weight excluding hydrogens is 294 g/mol. The van der Waals surface area contributed by atoms with Crippen LogP contribution in [-0.2, 0) is 7.05 Å². The summed E-state index contributed by atoms with van der Waals surface area (Å²) in [6.45, 7) is 5.08. The molecule has 4 N–H and O–H groups in total. The molecule has 0 unspecified atom stereocenters. The molecule has 2 heterocycles. The zero-order valence-electron chi connectivity index (χ0n) is 13.7. The maximum absolute atomic E-state index is 11.5. The van der Waals surface area contributed by atoms with Crippen LogP contribution in [0.4, 0.5) is 17.5 Å². The van der Waals surface area contributed by atoms with Gasteiger partial charge in [-0.05, 0) is 18.8 Å². The molecule has 8 nitrogen and oxygen atoms in total. The lowest BCUT2D eigenvalue weighted by atomic mass is 10.1. The molecule has 23 heavy (non-hydrogen) atoms. The van der Waals surface area contributed by atoms with E-state index in [-0.39, 0.29) is 5.56 Å². The lowest BCUT2D eigenvalue weighted by molar-refractivity contribution is 0.100. The molecule has 8 heteroatoms. The van der Waals surface area contributed by atoms with Crippen molar-refractivity contribution in [2.75, 3.05) is 17.2 Å². The highest BCUT2D eigenvalue weighted by atomic mass is 16.1. The minimum atomic E-state index is -0.552. The van der Waals surface area contributed by atoms with Crippen LogP contribution in [0.3, 0.4) is 0 Å². The first-order valence-electron chi connectivity index (χ1n) is 7.62. The molecule has 2 aromatic heterocycles. The van der Waals surface area contributed by atoms with E-state index in [0.717, 1.165) is 25.1 Å². The van der Waals surface area contributed by atoms with Gasteiger partial charge >= 0.3 is 0 Å². The van der Waals surface area contributed by atoms with Crippen LogP contribution in [-0.4, -0.2) is 32.2 Å². The summed E-state index contributed by atoms with van der Waals surface area (Å²) >= 11 is 0. The fourth-order valence-electron chi connectivity index (χ4n) is 2.09. The van der Waals surface area contributed by atoms with E-state index in [1.54, 1.807) is 17.1 Å². The monoisotopic (exact) mass is 317 g/mol. The number of anilines is 3. The van der Waals surface area contributed by atoms with Crippen LogP contribution in [0.5, 0.6) is 0 Å². The Morgan fingerprint density at radius 2 is 2.17 bits per heavy atom. The molecule has 0 aliphatic rings. The average Bonchev–Trinajstić information content (AvgIpc) is 2.88. The topological polar surface area (TPSA) is 111 Å². The highest BCUT2D eigenvalue weighted by Crippen LogP contribution is 2.17. The Balaban J connectivity index is 2.09. The van der Waals surface area contributed by atoms with Crippen LogP contribution in [0.2, 0.25) is 0 Å². The number of nitrogens with zero attached hydrogens (tertiary/aromatic N) is 4. The normalized spacial score (nSPS) is 10.8. The Morgan fingerprint density at radius 1 is 1.39 bits per heavy atom. The fraction of sp³-hybridized carbons (Fsp3) is 0.467. The fourth-order valence-corrected chi connectivity index (χ4v) is 2.09. The second kappa shape index (κ2) is 7.57. The molecule has 0 aliphatic carbocycles. The molecule has 124 valence electrons. The van der Waals surface area contributed by atoms with E-state index in [0.29, 0.717) is 17.7 Å². The number of carbonyl (C=O) groups is 1. The molecule has 0 aliphatic heterocycles. The van der Waals surface area contributed by atoms with Gasteiger partial charge in [-0.2, -0.15) is 10.1 Å². The Kier molecular flexibility index (Phi) is 5.51. The molecule has 2 aromatic rings. The molecule has 0 aromatic carbocycles. The van der Waals surface area contributed by atoms with Crippen molar-refractivity contribution in [3.05, 3.63) is 24.2 Å². The van der Waals surface area contributed by atoms with Crippen LogP contribution in [0.25, 0.3) is 0 Å². The number of nitrogens with two attached hydrogens (primary N) is 1. The minimum absolute atomic E-state index is 0.284. The predicted octanol–water partition coefficient (Wildman–Crippen LogP) is 1.90. The van der Waals surface area contributed by atoms with Crippen LogP contribution in [0.15, 0.2) is 18.6 Å². The largest absolute Gasteiger partial charge is 0.369 e. The number of aromatic nitrogens is 4. The van der Waals surface area contributed by atoms with Gasteiger partial charge in [0.1, 0.15) is 5.82 Å². The van der Waals surface area contributed by atoms with E-state index in [2.05, 4.69) is 39.5 Å². The number of rotatable bonds is 8. The predicted molar refractivity (Wildman–Crippen MR) is 89.6 cm³/mol. The van der Waals surface area contributed by atoms with Crippen LogP contribution in [0, 0.1) is 5.92 Å². The van der Waals surface area contributed by atoms with Gasteiger partial charge in [-0.3, -0.25) is 9.48 Å². The molecule has 2 rings (SSSR count). The van der Waals surface area contributed by atoms with Crippen molar-refractivity contribution in [3.63, 3.8) is 0 Å². The molecule has 0 spiro atoms. The number of amides is 1. The lowest BCUT2D eigenvalue weighted by Gasteiger charge is -2.11. The van der Waals surface area contributed by atoms with Crippen LogP contribution in [0.1, 0.15) is 37.0 Å². The Hall–Kier alpha value is -2.64. The smallest absolute Gasteiger partial charge is 0.254 e. The van der Waals surface area contributed by atoms with Gasteiger partial charge in [-0.15, -0.1) is 0 Å². The van der Waals surface area contributed by atoms with Crippen molar-refractivity contribution in [2.24, 2.45) is 18.7 Å².